The van der Waals surface area contributed by atoms with Gasteiger partial charge in [-0.25, -0.2) is 0 Å². The first kappa shape index (κ1) is 27.3. The van der Waals surface area contributed by atoms with Crippen molar-refractivity contribution >= 4 is 21.0 Å². The lowest BCUT2D eigenvalue weighted by Gasteiger charge is -1.97. The Hall–Kier alpha value is -1.96. The van der Waals surface area contributed by atoms with Gasteiger partial charge in [0.1, 0.15) is 0 Å². The van der Waals surface area contributed by atoms with E-state index >= 15 is 0 Å². The van der Waals surface area contributed by atoms with Crippen LogP contribution in [0.3, 0.4) is 0 Å². The summed E-state index contributed by atoms with van der Waals surface area (Å²) in [6.45, 7) is 8.91. The van der Waals surface area contributed by atoms with Gasteiger partial charge in [0, 0.05) is 0 Å². The molecule has 1 atom stereocenters. The van der Waals surface area contributed by atoms with Gasteiger partial charge in [0.2, 0.25) is 0 Å². The summed E-state index contributed by atoms with van der Waals surface area (Å²) in [5.41, 5.74) is 9.37. The Bertz CT molecular complexity index is 572. The summed E-state index contributed by atoms with van der Waals surface area (Å²) >= 11 is 0. The van der Waals surface area contributed by atoms with E-state index in [0.717, 1.165) is 13.0 Å². The van der Waals surface area contributed by atoms with E-state index in [-0.39, 0.29) is 6.47 Å². The van der Waals surface area contributed by atoms with E-state index in [1.165, 1.54) is 34.8 Å². The molecule has 3 nitrogen and oxygen atoms in total. The van der Waals surface area contributed by atoms with Crippen LogP contribution in [0.4, 0.5) is 0 Å². The van der Waals surface area contributed by atoms with Crippen LogP contribution in [0.5, 0.6) is 0 Å². The van der Waals surface area contributed by atoms with E-state index < -0.39 is 0 Å². The Kier molecular flexibility index (Phi) is 20.5. The molecule has 0 radical (unpaired) electrons. The van der Waals surface area contributed by atoms with Crippen molar-refractivity contribution in [2.45, 2.75) is 47.0 Å². The molecule has 2 aromatic rings. The molecule has 0 fully saturated rings. The minimum absolute atomic E-state index is 0.250. The third-order valence-corrected chi connectivity index (χ3v) is 3.71. The lowest BCUT2D eigenvalue weighted by atomic mass is 10.2. The number of rotatable bonds is 4. The molecule has 0 aliphatic heterocycles. The highest BCUT2D eigenvalue weighted by Gasteiger charge is 1.88. The molecule has 4 heteroatoms. The second-order valence-corrected chi connectivity index (χ2v) is 6.56. The molecule has 0 spiro atoms. The van der Waals surface area contributed by atoms with Crippen LogP contribution in [0.1, 0.15) is 43.4 Å². The van der Waals surface area contributed by atoms with Crippen molar-refractivity contribution in [2.75, 3.05) is 6.54 Å². The van der Waals surface area contributed by atoms with E-state index in [1.54, 1.807) is 0 Å². The molecule has 150 valence electrons. The highest BCUT2D eigenvalue weighted by molar-refractivity contribution is 7.27. The van der Waals surface area contributed by atoms with E-state index in [9.17, 15) is 0 Å². The van der Waals surface area contributed by atoms with Crippen LogP contribution >= 0.6 is 9.24 Å². The number of unbranched alkanes of at least 4 members (excludes halogenated alkanes) is 1. The van der Waals surface area contributed by atoms with Crippen molar-refractivity contribution in [1.29, 1.82) is 0 Å². The number of carboxylic acid groups (broad SMARTS) is 1. The largest absolute Gasteiger partial charge is 0.483 e. The zero-order valence-corrected chi connectivity index (χ0v) is 18.3. The molecule has 0 heterocycles. The van der Waals surface area contributed by atoms with Gasteiger partial charge in [-0.15, -0.1) is 9.24 Å². The number of allylic oxidation sites excluding steroid dienone is 2. The van der Waals surface area contributed by atoms with Crippen LogP contribution in [-0.2, 0) is 11.2 Å². The molecular formula is C23H36NO2P. The van der Waals surface area contributed by atoms with E-state index in [0.29, 0.717) is 0 Å². The predicted molar refractivity (Wildman–Crippen MR) is 123 cm³/mol. The Morgan fingerprint density at radius 1 is 1.00 bits per heavy atom. The Morgan fingerprint density at radius 2 is 1.44 bits per heavy atom. The zero-order valence-electron chi connectivity index (χ0n) is 17.2. The topological polar surface area (TPSA) is 63.3 Å². The summed E-state index contributed by atoms with van der Waals surface area (Å²) in [7, 11) is 2.66. The van der Waals surface area contributed by atoms with E-state index in [4.69, 9.17) is 15.6 Å². The Balaban J connectivity index is 0. The van der Waals surface area contributed by atoms with Crippen LogP contribution < -0.4 is 11.0 Å². The fraction of sp³-hybridized carbons (Fsp3) is 0.348. The summed E-state index contributed by atoms with van der Waals surface area (Å²) < 4.78 is 0. The SMILES string of the molecule is C/C=C\CCC.Cc1ccc(C)cc1.NCCc1ccc(P)cc1.O=CO. The van der Waals surface area contributed by atoms with Gasteiger partial charge in [0.15, 0.2) is 0 Å². The van der Waals surface area contributed by atoms with Gasteiger partial charge in [0.05, 0.1) is 0 Å². The average Bonchev–Trinajstić information content (AvgIpc) is 2.66. The summed E-state index contributed by atoms with van der Waals surface area (Å²) in [5, 5.41) is 8.11. The highest BCUT2D eigenvalue weighted by atomic mass is 31.0. The van der Waals surface area contributed by atoms with Crippen molar-refractivity contribution < 1.29 is 9.90 Å². The number of hydrogen-bond donors (Lipinski definition) is 2. The summed E-state index contributed by atoms with van der Waals surface area (Å²) in [4.78, 5) is 8.36. The standard InChI is InChI=1S/C8H12NP.C8H10.C6H12.CH2O2/c9-6-5-7-1-3-8(10)4-2-7;1-7-3-5-8(2)6-4-7;1-3-5-6-4-2;2-1-3/h1-4H,5-6,9-10H2;3-6H,1-2H3;3,5H,4,6H2,1-2H3;1H,(H,2,3)/b;;5-3-;. The summed E-state index contributed by atoms with van der Waals surface area (Å²) in [5.74, 6) is 0. The van der Waals surface area contributed by atoms with Gasteiger partial charge in [-0.2, -0.15) is 0 Å². The maximum atomic E-state index is 8.36. The van der Waals surface area contributed by atoms with Gasteiger partial charge in [-0.05, 0) is 51.0 Å². The second-order valence-electron chi connectivity index (χ2n) is 5.90. The lowest BCUT2D eigenvalue weighted by molar-refractivity contribution is -0.122. The third-order valence-electron chi connectivity index (χ3n) is 3.32. The molecule has 2 aromatic carbocycles. The Morgan fingerprint density at radius 3 is 1.74 bits per heavy atom. The van der Waals surface area contributed by atoms with Crippen molar-refractivity contribution in [3.8, 4) is 0 Å². The molecule has 0 bridgehead atoms. The maximum absolute atomic E-state index is 8.36. The maximum Gasteiger partial charge on any atom is 0.290 e. The molecule has 0 aromatic heterocycles. The predicted octanol–water partition coefficient (Wildman–Crippen LogP) is 5.06. The zero-order chi connectivity index (χ0) is 20.9. The van der Waals surface area contributed by atoms with Crippen LogP contribution in [0.25, 0.3) is 0 Å². The second kappa shape index (κ2) is 20.4. The summed E-state index contributed by atoms with van der Waals surface area (Å²) in [6.07, 6.45) is 7.75. The number of carbonyl (C=O) groups is 1. The first-order valence-corrected chi connectivity index (χ1v) is 9.79. The smallest absolute Gasteiger partial charge is 0.290 e. The van der Waals surface area contributed by atoms with Crippen LogP contribution in [0, 0.1) is 13.8 Å². The quantitative estimate of drug-likeness (QED) is 0.437. The van der Waals surface area contributed by atoms with Gasteiger partial charge in [-0.1, -0.05) is 85.2 Å². The molecule has 0 aliphatic rings. The molecule has 3 N–H and O–H groups in total. The summed E-state index contributed by atoms with van der Waals surface area (Å²) in [6, 6.07) is 16.9. The number of aryl methyl sites for hydroxylation is 2. The molecule has 0 amide bonds. The van der Waals surface area contributed by atoms with Gasteiger partial charge in [-0.3, -0.25) is 4.79 Å². The molecule has 27 heavy (non-hydrogen) atoms. The van der Waals surface area contributed by atoms with Crippen LogP contribution in [0.15, 0.2) is 60.7 Å². The molecule has 0 aliphatic carbocycles. The van der Waals surface area contributed by atoms with Crippen molar-refractivity contribution in [3.05, 3.63) is 77.4 Å². The van der Waals surface area contributed by atoms with Crippen molar-refractivity contribution in [2.24, 2.45) is 5.73 Å². The molecule has 0 saturated carbocycles. The van der Waals surface area contributed by atoms with Gasteiger partial charge in [0.25, 0.3) is 6.47 Å². The molecular weight excluding hydrogens is 353 g/mol. The fourth-order valence-electron chi connectivity index (χ4n) is 1.82. The number of benzene rings is 2. The lowest BCUT2D eigenvalue weighted by Crippen LogP contribution is -2.03. The number of hydrogen-bond acceptors (Lipinski definition) is 2. The van der Waals surface area contributed by atoms with Crippen LogP contribution in [-0.4, -0.2) is 18.1 Å². The van der Waals surface area contributed by atoms with E-state index in [2.05, 4.69) is 97.6 Å². The normalized spacial score (nSPS) is 9.11. The monoisotopic (exact) mass is 389 g/mol. The molecule has 2 rings (SSSR count). The minimum atomic E-state index is -0.250. The van der Waals surface area contributed by atoms with Gasteiger partial charge >= 0.3 is 0 Å². The highest BCUT2D eigenvalue weighted by Crippen LogP contribution is 1.99. The van der Waals surface area contributed by atoms with E-state index in [1.807, 2.05) is 0 Å². The van der Waals surface area contributed by atoms with Crippen molar-refractivity contribution in [3.63, 3.8) is 0 Å². The fourth-order valence-corrected chi connectivity index (χ4v) is 2.01. The third kappa shape index (κ3) is 20.2. The van der Waals surface area contributed by atoms with Gasteiger partial charge < -0.3 is 10.8 Å². The Labute approximate surface area is 167 Å². The molecule has 1 unspecified atom stereocenters. The number of nitrogens with two attached hydrogens (primary N) is 1. The van der Waals surface area contributed by atoms with Crippen LogP contribution in [0.2, 0.25) is 0 Å². The molecule has 0 saturated heterocycles. The minimum Gasteiger partial charge on any atom is -0.483 e. The van der Waals surface area contributed by atoms with Crippen molar-refractivity contribution in [1.82, 2.24) is 0 Å². The first-order valence-electron chi connectivity index (χ1n) is 9.21. The first-order chi connectivity index (χ1) is 12.9. The average molecular weight is 390 g/mol.